The molecule has 1 saturated carbocycles. The van der Waals surface area contributed by atoms with Crippen LogP contribution in [0.2, 0.25) is 0 Å². The van der Waals surface area contributed by atoms with E-state index in [0.29, 0.717) is 5.82 Å². The van der Waals surface area contributed by atoms with Crippen molar-refractivity contribution in [1.82, 2.24) is 9.97 Å². The quantitative estimate of drug-likeness (QED) is 0.885. The molecule has 2 aromatic rings. The molecule has 2 N–H and O–H groups in total. The van der Waals surface area contributed by atoms with Crippen molar-refractivity contribution in [2.75, 3.05) is 5.32 Å². The Morgan fingerprint density at radius 1 is 1.56 bits per heavy atom. The number of carboxylic acid groups (broad SMARTS) is 1. The Hall–Kier alpha value is -1.69. The zero-order valence-corrected chi connectivity index (χ0v) is 10.7. The lowest BCUT2D eigenvalue weighted by Crippen LogP contribution is -2.31. The fourth-order valence-corrected chi connectivity index (χ4v) is 2.90. The van der Waals surface area contributed by atoms with Crippen LogP contribution in [-0.2, 0) is 4.79 Å². The van der Waals surface area contributed by atoms with Gasteiger partial charge in [0.1, 0.15) is 23.0 Å². The maximum atomic E-state index is 11.2. The monoisotopic (exact) mass is 263 g/mol. The van der Waals surface area contributed by atoms with E-state index < -0.39 is 12.0 Å². The maximum absolute atomic E-state index is 11.2. The Kier molecular flexibility index (Phi) is 2.66. The maximum Gasteiger partial charge on any atom is 0.326 e. The van der Waals surface area contributed by atoms with Gasteiger partial charge in [-0.25, -0.2) is 14.8 Å². The number of fused-ring (bicyclic) bond motifs is 1. The second-order valence-corrected chi connectivity index (χ2v) is 5.83. The molecular weight excluding hydrogens is 250 g/mol. The molecule has 0 spiro atoms. The highest BCUT2D eigenvalue weighted by molar-refractivity contribution is 7.18. The van der Waals surface area contributed by atoms with Crippen molar-refractivity contribution in [2.24, 2.45) is 5.92 Å². The molecule has 0 saturated heterocycles. The number of carboxylic acids is 1. The summed E-state index contributed by atoms with van der Waals surface area (Å²) < 4.78 is 0. The third-order valence-electron chi connectivity index (χ3n) is 3.10. The zero-order valence-electron chi connectivity index (χ0n) is 9.88. The smallest absolute Gasteiger partial charge is 0.326 e. The summed E-state index contributed by atoms with van der Waals surface area (Å²) >= 11 is 1.59. The fourth-order valence-electron chi connectivity index (χ4n) is 2.05. The Balaban J connectivity index is 1.95. The van der Waals surface area contributed by atoms with Gasteiger partial charge in [-0.15, -0.1) is 11.3 Å². The van der Waals surface area contributed by atoms with Gasteiger partial charge >= 0.3 is 5.97 Å². The average molecular weight is 263 g/mol. The van der Waals surface area contributed by atoms with E-state index in [1.165, 1.54) is 6.33 Å². The van der Waals surface area contributed by atoms with Crippen molar-refractivity contribution in [3.05, 3.63) is 17.3 Å². The van der Waals surface area contributed by atoms with Crippen LogP contribution < -0.4 is 5.32 Å². The van der Waals surface area contributed by atoms with Crippen molar-refractivity contribution >= 4 is 33.3 Å². The normalized spacial score (nSPS) is 16.7. The van der Waals surface area contributed by atoms with Crippen LogP contribution >= 0.6 is 11.3 Å². The Morgan fingerprint density at radius 3 is 3.00 bits per heavy atom. The SMILES string of the molecule is Cc1cc2c(NC(C(=O)O)C3CC3)ncnc2s1. The van der Waals surface area contributed by atoms with E-state index in [1.54, 1.807) is 11.3 Å². The first-order valence-corrected chi connectivity index (χ1v) is 6.67. The molecule has 94 valence electrons. The molecule has 2 aromatic heterocycles. The molecule has 3 rings (SSSR count). The van der Waals surface area contributed by atoms with E-state index in [1.807, 2.05) is 13.0 Å². The molecule has 1 atom stereocenters. The second-order valence-electron chi connectivity index (χ2n) is 4.60. The molecule has 5 nitrogen and oxygen atoms in total. The average Bonchev–Trinajstić information content (AvgIpc) is 3.07. The van der Waals surface area contributed by atoms with Crippen LogP contribution in [0.4, 0.5) is 5.82 Å². The Morgan fingerprint density at radius 2 is 2.33 bits per heavy atom. The van der Waals surface area contributed by atoms with Gasteiger partial charge in [-0.2, -0.15) is 0 Å². The zero-order chi connectivity index (χ0) is 12.7. The minimum atomic E-state index is -0.809. The molecule has 18 heavy (non-hydrogen) atoms. The van der Waals surface area contributed by atoms with E-state index in [9.17, 15) is 9.90 Å². The summed E-state index contributed by atoms with van der Waals surface area (Å²) in [4.78, 5) is 21.6. The minimum absolute atomic E-state index is 0.229. The van der Waals surface area contributed by atoms with Gasteiger partial charge in [0.05, 0.1) is 5.39 Å². The number of aliphatic carboxylic acids is 1. The number of nitrogens with one attached hydrogen (secondary N) is 1. The van der Waals surface area contributed by atoms with Crippen LogP contribution in [0.5, 0.6) is 0 Å². The largest absolute Gasteiger partial charge is 0.480 e. The van der Waals surface area contributed by atoms with Gasteiger partial charge in [0.2, 0.25) is 0 Å². The van der Waals surface area contributed by atoms with Crippen molar-refractivity contribution in [3.8, 4) is 0 Å². The molecule has 2 heterocycles. The predicted octanol–water partition coefficient (Wildman–Crippen LogP) is 2.27. The molecule has 0 aliphatic heterocycles. The van der Waals surface area contributed by atoms with Crippen molar-refractivity contribution in [1.29, 1.82) is 0 Å². The van der Waals surface area contributed by atoms with Crippen LogP contribution in [0.15, 0.2) is 12.4 Å². The van der Waals surface area contributed by atoms with Gasteiger partial charge in [-0.05, 0) is 31.7 Å². The van der Waals surface area contributed by atoms with Gasteiger partial charge in [0.25, 0.3) is 0 Å². The topological polar surface area (TPSA) is 75.1 Å². The summed E-state index contributed by atoms with van der Waals surface area (Å²) in [5.74, 6) is 0.0483. The van der Waals surface area contributed by atoms with Gasteiger partial charge in [-0.1, -0.05) is 0 Å². The van der Waals surface area contributed by atoms with Crippen LogP contribution in [0.3, 0.4) is 0 Å². The van der Waals surface area contributed by atoms with E-state index in [2.05, 4.69) is 15.3 Å². The summed E-state index contributed by atoms with van der Waals surface area (Å²) in [6.45, 7) is 2.01. The van der Waals surface area contributed by atoms with Gasteiger partial charge < -0.3 is 10.4 Å². The molecule has 0 radical (unpaired) electrons. The predicted molar refractivity (Wildman–Crippen MR) is 69.9 cm³/mol. The summed E-state index contributed by atoms with van der Waals surface area (Å²) in [7, 11) is 0. The van der Waals surface area contributed by atoms with Crippen LogP contribution in [0.1, 0.15) is 17.7 Å². The van der Waals surface area contributed by atoms with Crippen LogP contribution in [0, 0.1) is 12.8 Å². The second kappa shape index (κ2) is 4.20. The molecule has 1 aliphatic carbocycles. The number of aryl methyl sites for hydroxylation is 1. The van der Waals surface area contributed by atoms with Gasteiger partial charge in [0, 0.05) is 4.88 Å². The molecule has 1 unspecified atom stereocenters. The lowest BCUT2D eigenvalue weighted by molar-refractivity contribution is -0.138. The fraction of sp³-hybridized carbons (Fsp3) is 0.417. The standard InChI is InChI=1S/C12H13N3O2S/c1-6-4-8-10(13-5-14-11(8)18-6)15-9(12(16)17)7-2-3-7/h4-5,7,9H,2-3H2,1H3,(H,16,17)(H,13,14,15). The van der Waals surface area contributed by atoms with Crippen molar-refractivity contribution in [3.63, 3.8) is 0 Å². The highest BCUT2D eigenvalue weighted by Gasteiger charge is 2.36. The Labute approximate surface area is 108 Å². The number of hydrogen-bond donors (Lipinski definition) is 2. The molecule has 1 aliphatic rings. The lowest BCUT2D eigenvalue weighted by atomic mass is 10.2. The first-order chi connectivity index (χ1) is 8.65. The molecule has 1 fully saturated rings. The number of anilines is 1. The number of nitrogens with zero attached hydrogens (tertiary/aromatic N) is 2. The number of thiophene rings is 1. The summed E-state index contributed by atoms with van der Waals surface area (Å²) in [5, 5.41) is 13.2. The molecule has 0 aromatic carbocycles. The molecule has 6 heteroatoms. The number of aromatic nitrogens is 2. The van der Waals surface area contributed by atoms with Gasteiger partial charge in [0.15, 0.2) is 0 Å². The van der Waals surface area contributed by atoms with E-state index >= 15 is 0 Å². The van der Waals surface area contributed by atoms with E-state index in [-0.39, 0.29) is 5.92 Å². The molecular formula is C12H13N3O2S. The molecule has 0 bridgehead atoms. The van der Waals surface area contributed by atoms with Crippen molar-refractivity contribution in [2.45, 2.75) is 25.8 Å². The third-order valence-corrected chi connectivity index (χ3v) is 4.06. The van der Waals surface area contributed by atoms with E-state index in [4.69, 9.17) is 0 Å². The minimum Gasteiger partial charge on any atom is -0.480 e. The summed E-state index contributed by atoms with van der Waals surface area (Å²) in [6.07, 6.45) is 3.42. The van der Waals surface area contributed by atoms with Crippen LogP contribution in [-0.4, -0.2) is 27.1 Å². The summed E-state index contributed by atoms with van der Waals surface area (Å²) in [6, 6.07) is 1.46. The number of hydrogen-bond acceptors (Lipinski definition) is 5. The van der Waals surface area contributed by atoms with Gasteiger partial charge in [-0.3, -0.25) is 0 Å². The first-order valence-electron chi connectivity index (χ1n) is 5.85. The summed E-state index contributed by atoms with van der Waals surface area (Å²) in [5.41, 5.74) is 0. The highest BCUT2D eigenvalue weighted by atomic mass is 32.1. The number of rotatable bonds is 4. The van der Waals surface area contributed by atoms with Crippen LogP contribution in [0.25, 0.3) is 10.2 Å². The van der Waals surface area contributed by atoms with Crippen molar-refractivity contribution < 1.29 is 9.90 Å². The number of carbonyl (C=O) groups is 1. The van der Waals surface area contributed by atoms with E-state index in [0.717, 1.165) is 27.9 Å². The highest BCUT2D eigenvalue weighted by Crippen LogP contribution is 2.35. The molecule has 0 amide bonds. The lowest BCUT2D eigenvalue weighted by Gasteiger charge is -2.14. The third kappa shape index (κ3) is 2.03. The Bertz CT molecular complexity index is 606. The first kappa shape index (κ1) is 11.4.